The van der Waals surface area contributed by atoms with E-state index in [0.29, 0.717) is 11.7 Å². The van der Waals surface area contributed by atoms with Crippen LogP contribution in [0, 0.1) is 5.92 Å². The van der Waals surface area contributed by atoms with Crippen LogP contribution in [-0.2, 0) is 6.42 Å². The predicted octanol–water partition coefficient (Wildman–Crippen LogP) is 1.63. The van der Waals surface area contributed by atoms with E-state index in [1.54, 1.807) is 16.8 Å². The summed E-state index contributed by atoms with van der Waals surface area (Å²) in [5, 5.41) is 8.88. The van der Waals surface area contributed by atoms with E-state index in [-0.39, 0.29) is 5.56 Å². The summed E-state index contributed by atoms with van der Waals surface area (Å²) in [6.07, 6.45) is 5.49. The molecule has 0 aromatic carbocycles. The summed E-state index contributed by atoms with van der Waals surface area (Å²) >= 11 is 0. The number of rotatable bonds is 3. The van der Waals surface area contributed by atoms with Crippen molar-refractivity contribution in [2.75, 3.05) is 0 Å². The van der Waals surface area contributed by atoms with Crippen molar-refractivity contribution in [2.45, 2.75) is 20.3 Å². The number of fused-ring (bicyclic) bond motifs is 1. The van der Waals surface area contributed by atoms with Gasteiger partial charge in [-0.1, -0.05) is 13.8 Å². The topological polar surface area (TPSA) is 67.5 Å². The normalized spacial score (nSPS) is 11.2. The van der Waals surface area contributed by atoms with Crippen LogP contribution in [0.3, 0.4) is 0 Å². The molecule has 5 nitrogen and oxygen atoms in total. The van der Waals surface area contributed by atoms with Crippen molar-refractivity contribution in [2.24, 2.45) is 5.92 Å². The van der Waals surface area contributed by atoms with Gasteiger partial charge in [-0.15, -0.1) is 0 Å². The Morgan fingerprint density at radius 1 is 1.44 bits per heavy atom. The highest BCUT2D eigenvalue weighted by atomic mass is 16.4. The smallest absolute Gasteiger partial charge is 0.338 e. The third kappa shape index (κ3) is 1.88. The number of nitrogens with zero attached hydrogens (tertiary/aromatic N) is 3. The maximum Gasteiger partial charge on any atom is 0.338 e. The molecule has 0 radical (unpaired) electrons. The first-order chi connectivity index (χ1) is 7.58. The molecular weight excluding hydrogens is 206 g/mol. The molecule has 0 saturated carbocycles. The number of aromatic nitrogens is 3. The molecule has 0 aliphatic rings. The Labute approximate surface area is 92.8 Å². The fourth-order valence-electron chi connectivity index (χ4n) is 1.60. The van der Waals surface area contributed by atoms with Gasteiger partial charge in [0.15, 0.2) is 0 Å². The van der Waals surface area contributed by atoms with Crippen molar-refractivity contribution in [1.82, 2.24) is 14.4 Å². The van der Waals surface area contributed by atoms with Gasteiger partial charge in [0, 0.05) is 18.1 Å². The second kappa shape index (κ2) is 3.92. The van der Waals surface area contributed by atoms with Crippen molar-refractivity contribution in [1.29, 1.82) is 0 Å². The van der Waals surface area contributed by atoms with Gasteiger partial charge in [-0.05, 0) is 12.3 Å². The summed E-state index contributed by atoms with van der Waals surface area (Å²) in [5.41, 5.74) is 1.16. The number of carbonyl (C=O) groups is 1. The predicted molar refractivity (Wildman–Crippen MR) is 58.5 cm³/mol. The van der Waals surface area contributed by atoms with Gasteiger partial charge in [0.1, 0.15) is 0 Å². The first-order valence-electron chi connectivity index (χ1n) is 5.13. The second-order valence-electron chi connectivity index (χ2n) is 4.17. The highest BCUT2D eigenvalue weighted by Crippen LogP contribution is 2.11. The Hall–Kier alpha value is -1.91. The number of aromatic carboxylic acids is 1. The van der Waals surface area contributed by atoms with Crippen LogP contribution in [0.15, 0.2) is 18.6 Å². The minimum atomic E-state index is -0.974. The average molecular weight is 219 g/mol. The van der Waals surface area contributed by atoms with E-state index in [1.165, 1.54) is 6.20 Å². The maximum absolute atomic E-state index is 10.8. The molecule has 0 amide bonds. The minimum absolute atomic E-state index is 0.176. The Morgan fingerprint density at radius 3 is 2.75 bits per heavy atom. The van der Waals surface area contributed by atoms with Crippen LogP contribution in [0.25, 0.3) is 5.78 Å². The third-order valence-corrected chi connectivity index (χ3v) is 2.31. The van der Waals surface area contributed by atoms with E-state index in [4.69, 9.17) is 5.11 Å². The first kappa shape index (κ1) is 10.6. The fraction of sp³-hybridized carbons (Fsp3) is 0.364. The lowest BCUT2D eigenvalue weighted by Crippen LogP contribution is -2.04. The van der Waals surface area contributed by atoms with E-state index in [2.05, 4.69) is 23.8 Å². The molecule has 0 aliphatic carbocycles. The summed E-state index contributed by atoms with van der Waals surface area (Å²) in [6, 6.07) is 0. The molecule has 0 aliphatic heterocycles. The molecule has 84 valence electrons. The quantitative estimate of drug-likeness (QED) is 0.851. The molecule has 0 spiro atoms. The number of carboxylic acid groups (broad SMARTS) is 1. The van der Waals surface area contributed by atoms with E-state index < -0.39 is 5.97 Å². The molecule has 0 unspecified atom stereocenters. The number of carboxylic acids is 1. The zero-order chi connectivity index (χ0) is 11.7. The van der Waals surface area contributed by atoms with Gasteiger partial charge in [-0.25, -0.2) is 14.8 Å². The van der Waals surface area contributed by atoms with Gasteiger partial charge in [-0.2, -0.15) is 0 Å². The lowest BCUT2D eigenvalue weighted by molar-refractivity contribution is 0.0696. The number of hydrogen-bond donors (Lipinski definition) is 1. The molecular formula is C11H13N3O2. The number of imidazole rings is 1. The Bertz CT molecular complexity index is 531. The van der Waals surface area contributed by atoms with E-state index in [0.717, 1.165) is 12.1 Å². The molecule has 2 rings (SSSR count). The van der Waals surface area contributed by atoms with Crippen LogP contribution in [-0.4, -0.2) is 25.4 Å². The summed E-state index contributed by atoms with van der Waals surface area (Å²) < 4.78 is 1.74. The first-order valence-corrected chi connectivity index (χ1v) is 5.13. The zero-order valence-corrected chi connectivity index (χ0v) is 9.21. The summed E-state index contributed by atoms with van der Waals surface area (Å²) in [7, 11) is 0. The van der Waals surface area contributed by atoms with Crippen LogP contribution in [0.1, 0.15) is 29.9 Å². The van der Waals surface area contributed by atoms with Crippen LogP contribution < -0.4 is 0 Å². The van der Waals surface area contributed by atoms with Crippen LogP contribution in [0.4, 0.5) is 0 Å². The molecule has 16 heavy (non-hydrogen) atoms. The number of hydrogen-bond acceptors (Lipinski definition) is 3. The van der Waals surface area contributed by atoms with Crippen LogP contribution in [0.5, 0.6) is 0 Å². The Morgan fingerprint density at radius 2 is 2.12 bits per heavy atom. The molecule has 0 fully saturated rings. The monoisotopic (exact) mass is 219 g/mol. The summed E-state index contributed by atoms with van der Waals surface area (Å²) in [6.45, 7) is 4.21. The zero-order valence-electron chi connectivity index (χ0n) is 9.21. The summed E-state index contributed by atoms with van der Waals surface area (Å²) in [4.78, 5) is 19.0. The fourth-order valence-corrected chi connectivity index (χ4v) is 1.60. The molecule has 0 bridgehead atoms. The molecule has 5 heteroatoms. The van der Waals surface area contributed by atoms with Crippen molar-refractivity contribution in [3.8, 4) is 0 Å². The van der Waals surface area contributed by atoms with E-state index in [9.17, 15) is 4.79 Å². The molecule has 2 aromatic rings. The van der Waals surface area contributed by atoms with Crippen molar-refractivity contribution in [3.63, 3.8) is 0 Å². The van der Waals surface area contributed by atoms with Gasteiger partial charge in [0.2, 0.25) is 5.78 Å². The van der Waals surface area contributed by atoms with Gasteiger partial charge in [0.05, 0.1) is 11.8 Å². The van der Waals surface area contributed by atoms with Crippen molar-refractivity contribution >= 4 is 11.7 Å². The van der Waals surface area contributed by atoms with Crippen LogP contribution >= 0.6 is 0 Å². The van der Waals surface area contributed by atoms with Crippen molar-refractivity contribution in [3.05, 3.63) is 29.8 Å². The Balaban J connectivity index is 2.51. The lowest BCUT2D eigenvalue weighted by atomic mass is 10.1. The third-order valence-electron chi connectivity index (χ3n) is 2.31. The summed E-state index contributed by atoms with van der Waals surface area (Å²) in [5.74, 6) is 0.0626. The largest absolute Gasteiger partial charge is 0.478 e. The van der Waals surface area contributed by atoms with E-state index >= 15 is 0 Å². The highest BCUT2D eigenvalue weighted by molar-refractivity contribution is 5.87. The Kier molecular flexibility index (Phi) is 2.60. The van der Waals surface area contributed by atoms with Gasteiger partial charge >= 0.3 is 5.97 Å². The van der Waals surface area contributed by atoms with E-state index in [1.807, 2.05) is 0 Å². The molecule has 2 heterocycles. The highest BCUT2D eigenvalue weighted by Gasteiger charge is 2.09. The van der Waals surface area contributed by atoms with Gasteiger partial charge in [0.25, 0.3) is 0 Å². The average Bonchev–Trinajstić information content (AvgIpc) is 2.60. The maximum atomic E-state index is 10.8. The van der Waals surface area contributed by atoms with Gasteiger partial charge in [-0.3, -0.25) is 4.40 Å². The lowest BCUT2D eigenvalue weighted by Gasteiger charge is -2.04. The molecule has 1 N–H and O–H groups in total. The SMILES string of the molecule is CC(C)Cc1cnc2ncc(C(=O)O)cn12. The minimum Gasteiger partial charge on any atom is -0.478 e. The standard InChI is InChI=1S/C11H13N3O2/c1-7(2)3-9-5-13-11-12-4-8(10(15)16)6-14(9)11/h4-7H,3H2,1-2H3,(H,15,16). The van der Waals surface area contributed by atoms with Crippen molar-refractivity contribution < 1.29 is 9.90 Å². The molecule has 2 aromatic heterocycles. The van der Waals surface area contributed by atoms with Gasteiger partial charge < -0.3 is 5.11 Å². The second-order valence-corrected chi connectivity index (χ2v) is 4.17. The molecule has 0 atom stereocenters. The van der Waals surface area contributed by atoms with Crippen LogP contribution in [0.2, 0.25) is 0 Å². The molecule has 0 saturated heterocycles.